The van der Waals surface area contributed by atoms with Gasteiger partial charge in [-0.2, -0.15) is 13.2 Å². The normalized spacial score (nSPS) is 23.4. The molecule has 0 aromatic carbocycles. The van der Waals surface area contributed by atoms with Gasteiger partial charge in [-0.3, -0.25) is 9.59 Å². The highest BCUT2D eigenvalue weighted by Gasteiger charge is 2.42. The second-order valence-corrected chi connectivity index (χ2v) is 8.01. The molecule has 144 valence electrons. The molecule has 4 nitrogen and oxygen atoms in total. The number of carbonyl (C=O) groups excluding carboxylic acids is 2. The number of likely N-dealkylation sites (tertiary alicyclic amines) is 1. The topological polar surface area (TPSA) is 40.6 Å². The van der Waals surface area contributed by atoms with Crippen LogP contribution in [0.3, 0.4) is 0 Å². The first-order chi connectivity index (χ1) is 11.5. The lowest BCUT2D eigenvalue weighted by molar-refractivity contribution is -0.159. The third-order valence-electron chi connectivity index (χ3n) is 5.56. The highest BCUT2D eigenvalue weighted by molar-refractivity contribution is 5.79. The lowest BCUT2D eigenvalue weighted by atomic mass is 10.00. The first-order valence-corrected chi connectivity index (χ1v) is 9.16. The molecule has 0 spiro atoms. The van der Waals surface area contributed by atoms with Crippen molar-refractivity contribution >= 4 is 11.8 Å². The molecule has 7 heteroatoms. The summed E-state index contributed by atoms with van der Waals surface area (Å²) >= 11 is 0. The largest absolute Gasteiger partial charge is 0.389 e. The maximum absolute atomic E-state index is 12.6. The highest BCUT2D eigenvalue weighted by atomic mass is 19.4. The smallest absolute Gasteiger partial charge is 0.343 e. The standard InChI is InChI=1S/C18H29F3N2O2/c1-4-13(10-18(19,20)21)16(25)22(3)12-14-6-5-9-23(14)15(24)11-17(2)7-8-17/h13-14H,4-12H2,1-3H3. The van der Waals surface area contributed by atoms with Crippen LogP contribution in [0.1, 0.15) is 58.8 Å². The summed E-state index contributed by atoms with van der Waals surface area (Å²) in [6, 6.07) is -0.0767. The SMILES string of the molecule is CCC(CC(F)(F)F)C(=O)N(C)CC1CCCN1C(=O)CC1(C)CC1. The third kappa shape index (κ3) is 5.61. The quantitative estimate of drug-likeness (QED) is 0.694. The van der Waals surface area contributed by atoms with Crippen LogP contribution >= 0.6 is 0 Å². The molecule has 0 aromatic rings. The van der Waals surface area contributed by atoms with Gasteiger partial charge in [-0.05, 0) is 37.5 Å². The van der Waals surface area contributed by atoms with Gasteiger partial charge in [0, 0.05) is 38.5 Å². The molecule has 2 fully saturated rings. The molecule has 0 bridgehead atoms. The fourth-order valence-corrected chi connectivity index (χ4v) is 3.61. The van der Waals surface area contributed by atoms with E-state index in [1.165, 1.54) is 4.90 Å². The fourth-order valence-electron chi connectivity index (χ4n) is 3.61. The Hall–Kier alpha value is -1.27. The van der Waals surface area contributed by atoms with Gasteiger partial charge < -0.3 is 9.80 Å². The molecule has 1 aliphatic heterocycles. The second kappa shape index (κ2) is 7.54. The number of amides is 2. The van der Waals surface area contributed by atoms with Crippen LogP contribution in [-0.4, -0.2) is 54.0 Å². The van der Waals surface area contributed by atoms with Crippen molar-refractivity contribution in [2.45, 2.75) is 71.0 Å². The highest BCUT2D eigenvalue weighted by Crippen LogP contribution is 2.48. The van der Waals surface area contributed by atoms with Crippen molar-refractivity contribution in [3.63, 3.8) is 0 Å². The van der Waals surface area contributed by atoms with E-state index < -0.39 is 24.4 Å². The number of hydrogen-bond acceptors (Lipinski definition) is 2. The van der Waals surface area contributed by atoms with E-state index in [0.717, 1.165) is 25.7 Å². The molecule has 1 aliphatic carbocycles. The van der Waals surface area contributed by atoms with Crippen LogP contribution in [0.15, 0.2) is 0 Å². The molecule has 1 saturated heterocycles. The van der Waals surface area contributed by atoms with Crippen LogP contribution in [-0.2, 0) is 9.59 Å². The molecule has 2 unspecified atom stereocenters. The molecule has 1 heterocycles. The molecule has 2 amide bonds. The van der Waals surface area contributed by atoms with E-state index >= 15 is 0 Å². The Bertz CT molecular complexity index is 503. The Morgan fingerprint density at radius 3 is 2.48 bits per heavy atom. The number of hydrogen-bond donors (Lipinski definition) is 0. The van der Waals surface area contributed by atoms with Crippen LogP contribution in [0.2, 0.25) is 0 Å². The van der Waals surface area contributed by atoms with Gasteiger partial charge in [0.05, 0.1) is 6.42 Å². The van der Waals surface area contributed by atoms with Crippen molar-refractivity contribution in [2.24, 2.45) is 11.3 Å². The van der Waals surface area contributed by atoms with E-state index in [1.54, 1.807) is 14.0 Å². The fraction of sp³-hybridized carbons (Fsp3) is 0.889. The van der Waals surface area contributed by atoms with Gasteiger partial charge in [0.2, 0.25) is 11.8 Å². The van der Waals surface area contributed by atoms with Crippen molar-refractivity contribution in [3.8, 4) is 0 Å². The molecule has 2 aliphatic rings. The van der Waals surface area contributed by atoms with Gasteiger partial charge in [0.15, 0.2) is 0 Å². The van der Waals surface area contributed by atoms with Crippen molar-refractivity contribution < 1.29 is 22.8 Å². The number of halogens is 3. The van der Waals surface area contributed by atoms with Gasteiger partial charge in [-0.1, -0.05) is 13.8 Å². The Morgan fingerprint density at radius 2 is 1.96 bits per heavy atom. The monoisotopic (exact) mass is 362 g/mol. The number of likely N-dealkylation sites (N-methyl/N-ethyl adjacent to an activating group) is 1. The summed E-state index contributed by atoms with van der Waals surface area (Å²) < 4.78 is 37.9. The molecule has 0 radical (unpaired) electrons. The predicted octanol–water partition coefficient (Wildman–Crippen LogP) is 3.60. The van der Waals surface area contributed by atoms with Crippen LogP contribution in [0.25, 0.3) is 0 Å². The summed E-state index contributed by atoms with van der Waals surface area (Å²) in [5.74, 6) is -1.40. The van der Waals surface area contributed by atoms with E-state index in [2.05, 4.69) is 6.92 Å². The average Bonchev–Trinajstić information content (AvgIpc) is 3.05. The number of rotatable bonds is 7. The van der Waals surface area contributed by atoms with Gasteiger partial charge in [0.25, 0.3) is 0 Å². The van der Waals surface area contributed by atoms with Gasteiger partial charge in [0.1, 0.15) is 0 Å². The Morgan fingerprint density at radius 1 is 1.32 bits per heavy atom. The van der Waals surface area contributed by atoms with Crippen LogP contribution in [0, 0.1) is 11.3 Å². The summed E-state index contributed by atoms with van der Waals surface area (Å²) in [4.78, 5) is 28.1. The number of alkyl halides is 3. The summed E-state index contributed by atoms with van der Waals surface area (Å²) in [7, 11) is 1.55. The Kier molecular flexibility index (Phi) is 6.05. The van der Waals surface area contributed by atoms with Crippen LogP contribution in [0.5, 0.6) is 0 Å². The van der Waals surface area contributed by atoms with Crippen LogP contribution < -0.4 is 0 Å². The predicted molar refractivity (Wildman–Crippen MR) is 88.8 cm³/mol. The number of carbonyl (C=O) groups is 2. The zero-order chi connectivity index (χ0) is 18.8. The molecular formula is C18H29F3N2O2. The van der Waals surface area contributed by atoms with Crippen molar-refractivity contribution in [2.75, 3.05) is 20.1 Å². The minimum atomic E-state index is -4.34. The lowest BCUT2D eigenvalue weighted by Crippen LogP contribution is -2.46. The average molecular weight is 362 g/mol. The molecule has 2 rings (SSSR count). The first kappa shape index (κ1) is 20.0. The van der Waals surface area contributed by atoms with Crippen molar-refractivity contribution in [1.29, 1.82) is 0 Å². The van der Waals surface area contributed by atoms with E-state index in [1.807, 2.05) is 4.90 Å². The molecule has 0 N–H and O–H groups in total. The summed E-state index contributed by atoms with van der Waals surface area (Å²) in [6.45, 7) is 4.70. The molecule has 2 atom stereocenters. The first-order valence-electron chi connectivity index (χ1n) is 9.16. The zero-order valence-corrected chi connectivity index (χ0v) is 15.4. The van der Waals surface area contributed by atoms with E-state index in [4.69, 9.17) is 0 Å². The maximum Gasteiger partial charge on any atom is 0.389 e. The van der Waals surface area contributed by atoms with Crippen molar-refractivity contribution in [3.05, 3.63) is 0 Å². The van der Waals surface area contributed by atoms with Gasteiger partial charge in [-0.25, -0.2) is 0 Å². The van der Waals surface area contributed by atoms with E-state index in [-0.39, 0.29) is 23.8 Å². The molecular weight excluding hydrogens is 333 g/mol. The van der Waals surface area contributed by atoms with E-state index in [9.17, 15) is 22.8 Å². The minimum absolute atomic E-state index is 0.0767. The third-order valence-corrected chi connectivity index (χ3v) is 5.56. The maximum atomic E-state index is 12.6. The Balaban J connectivity index is 1.92. The second-order valence-electron chi connectivity index (χ2n) is 8.01. The summed E-state index contributed by atoms with van der Waals surface area (Å²) in [6.07, 6.45) is -0.896. The Labute approximate surface area is 147 Å². The summed E-state index contributed by atoms with van der Waals surface area (Å²) in [5, 5.41) is 0. The van der Waals surface area contributed by atoms with Crippen LogP contribution in [0.4, 0.5) is 13.2 Å². The molecule has 25 heavy (non-hydrogen) atoms. The minimum Gasteiger partial charge on any atom is -0.343 e. The van der Waals surface area contributed by atoms with Gasteiger partial charge >= 0.3 is 6.18 Å². The number of nitrogens with zero attached hydrogens (tertiary/aromatic N) is 2. The van der Waals surface area contributed by atoms with Crippen molar-refractivity contribution in [1.82, 2.24) is 9.80 Å². The summed E-state index contributed by atoms with van der Waals surface area (Å²) in [5.41, 5.74) is 0.131. The van der Waals surface area contributed by atoms with E-state index in [0.29, 0.717) is 19.5 Å². The lowest BCUT2D eigenvalue weighted by Gasteiger charge is -2.31. The molecule has 0 aromatic heterocycles. The zero-order valence-electron chi connectivity index (χ0n) is 15.4. The van der Waals surface area contributed by atoms with Gasteiger partial charge in [-0.15, -0.1) is 0 Å². The molecule has 1 saturated carbocycles.